The lowest BCUT2D eigenvalue weighted by atomic mass is 10.0. The Morgan fingerprint density at radius 2 is 1.71 bits per heavy atom. The van der Waals surface area contributed by atoms with Crippen LogP contribution >= 0.6 is 11.6 Å². The molecule has 3 heterocycles. The summed E-state index contributed by atoms with van der Waals surface area (Å²) >= 11 is 6.49. The number of carbonyl (C=O) groups is 1. The van der Waals surface area contributed by atoms with E-state index >= 15 is 8.78 Å². The Hall–Kier alpha value is -5.71. The molecule has 2 aliphatic carbocycles. The molecule has 12 nitrogen and oxygen atoms in total. The van der Waals surface area contributed by atoms with Crippen molar-refractivity contribution in [1.29, 1.82) is 0 Å². The third kappa shape index (κ3) is 7.72. The molecule has 6 aromatic rings. The number of alkyl halides is 8. The number of hydrogen-bond donors (Lipinski definition) is 2. The molecule has 0 spiro atoms. The highest BCUT2D eigenvalue weighted by Crippen LogP contribution is 2.68. The molecule has 1 fully saturated rings. The summed E-state index contributed by atoms with van der Waals surface area (Å²) < 4.78 is 174. The third-order valence-corrected chi connectivity index (χ3v) is 11.4. The number of hydrogen-bond acceptors (Lipinski definition) is 7. The van der Waals surface area contributed by atoms with Gasteiger partial charge in [0, 0.05) is 36.5 Å². The Labute approximate surface area is 347 Å². The van der Waals surface area contributed by atoms with Crippen LogP contribution in [0.5, 0.6) is 0 Å². The Morgan fingerprint density at radius 3 is 2.34 bits per heavy atom. The molecule has 3 aromatic heterocycles. The average Bonchev–Trinajstić information content (AvgIpc) is 3.67. The highest BCUT2D eigenvalue weighted by Gasteiger charge is 2.67. The zero-order chi connectivity index (χ0) is 45.0. The summed E-state index contributed by atoms with van der Waals surface area (Å²) in [6.45, 7) is -1.82. The van der Waals surface area contributed by atoms with Crippen LogP contribution in [-0.4, -0.2) is 56.1 Å². The van der Waals surface area contributed by atoms with E-state index in [-0.39, 0.29) is 33.3 Å². The van der Waals surface area contributed by atoms with Crippen molar-refractivity contribution in [2.24, 2.45) is 5.92 Å². The van der Waals surface area contributed by atoms with Gasteiger partial charge in [0.05, 0.1) is 44.8 Å². The van der Waals surface area contributed by atoms with E-state index in [2.05, 4.69) is 25.2 Å². The molecule has 24 heteroatoms. The standard InChI is InChI=1S/C38H29ClF10N8O4S/c1-37(46,47)16-3-4-19-23(10-16)51-35(57(36(19)59)25-6-5-22(39)29-31(25)55(13-26(42)43)53-34(29)54-62(2,60)61)24(9-15-7-17(40)11-18(41)8-15)50-27(58)14-56-32-28(30(52-56)33(44)45)20-12-21(20)38(32,48)49/h3-8,10-11,20-21,24,26,33H,9,12-14H2,1-2H3,(H,50,58)(H,53,54)/t20-,21?,24+/m1/s1. The van der Waals surface area contributed by atoms with E-state index < -0.39 is 141 Å². The van der Waals surface area contributed by atoms with Crippen molar-refractivity contribution in [3.63, 3.8) is 0 Å². The summed E-state index contributed by atoms with van der Waals surface area (Å²) in [5, 5.41) is 9.10. The minimum absolute atomic E-state index is 0.0826. The van der Waals surface area contributed by atoms with Crippen molar-refractivity contribution >= 4 is 55.2 Å². The molecule has 328 valence electrons. The second-order valence-corrected chi connectivity index (χ2v) is 17.3. The Balaban J connectivity index is 1.37. The van der Waals surface area contributed by atoms with Gasteiger partial charge in [0.25, 0.3) is 30.3 Å². The van der Waals surface area contributed by atoms with Crippen molar-refractivity contribution in [2.75, 3.05) is 11.0 Å². The van der Waals surface area contributed by atoms with Gasteiger partial charge in [-0.3, -0.25) is 28.2 Å². The molecule has 1 saturated carbocycles. The molecule has 2 aliphatic rings. The van der Waals surface area contributed by atoms with Crippen molar-refractivity contribution in [3.05, 3.63) is 109 Å². The zero-order valence-electron chi connectivity index (χ0n) is 31.7. The van der Waals surface area contributed by atoms with Gasteiger partial charge in [-0.15, -0.1) is 0 Å². The monoisotopic (exact) mass is 918 g/mol. The number of amides is 1. The van der Waals surface area contributed by atoms with E-state index in [4.69, 9.17) is 11.6 Å². The molecular formula is C38H29ClF10N8O4S. The average molecular weight is 919 g/mol. The molecule has 8 rings (SSSR count). The van der Waals surface area contributed by atoms with Gasteiger partial charge in [0.15, 0.2) is 5.82 Å². The number of aromatic nitrogens is 6. The number of carbonyl (C=O) groups excluding carboxylic acids is 1. The van der Waals surface area contributed by atoms with E-state index in [9.17, 15) is 53.1 Å². The summed E-state index contributed by atoms with van der Waals surface area (Å²) in [4.78, 5) is 33.2. The van der Waals surface area contributed by atoms with Crippen LogP contribution < -0.4 is 15.6 Å². The number of anilines is 1. The Bertz CT molecular complexity index is 2990. The molecule has 0 aliphatic heterocycles. The maximum atomic E-state index is 15.4. The first-order valence-corrected chi connectivity index (χ1v) is 20.6. The van der Waals surface area contributed by atoms with Crippen molar-refractivity contribution < 1.29 is 57.1 Å². The summed E-state index contributed by atoms with van der Waals surface area (Å²) in [7, 11) is -4.17. The van der Waals surface area contributed by atoms with Crippen LogP contribution in [0.1, 0.15) is 65.6 Å². The fourth-order valence-corrected chi connectivity index (χ4v) is 8.76. The number of fused-ring (bicyclic) bond motifs is 5. The van der Waals surface area contributed by atoms with Gasteiger partial charge >= 0.3 is 0 Å². The number of nitrogens with one attached hydrogen (secondary N) is 2. The van der Waals surface area contributed by atoms with E-state index in [0.717, 1.165) is 53.3 Å². The molecule has 0 bridgehead atoms. The molecular weight excluding hydrogens is 890 g/mol. The van der Waals surface area contributed by atoms with Gasteiger partial charge in [0.1, 0.15) is 41.9 Å². The maximum Gasteiger partial charge on any atom is 0.293 e. The molecule has 1 unspecified atom stereocenters. The first kappa shape index (κ1) is 43.0. The van der Waals surface area contributed by atoms with Gasteiger partial charge < -0.3 is 5.32 Å². The number of rotatable bonds is 13. The van der Waals surface area contributed by atoms with Crippen LogP contribution in [0.25, 0.3) is 27.5 Å². The van der Waals surface area contributed by atoms with Gasteiger partial charge in [-0.25, -0.2) is 48.5 Å². The molecule has 3 atom stereocenters. The molecule has 2 N–H and O–H groups in total. The number of nitrogens with zero attached hydrogens (tertiary/aromatic N) is 6. The molecule has 0 saturated heterocycles. The number of benzene rings is 3. The summed E-state index contributed by atoms with van der Waals surface area (Å²) in [5.41, 5.74) is -5.48. The van der Waals surface area contributed by atoms with Gasteiger partial charge in [-0.05, 0) is 54.3 Å². The lowest BCUT2D eigenvalue weighted by Gasteiger charge is -2.24. The van der Waals surface area contributed by atoms with Gasteiger partial charge in [-0.2, -0.15) is 19.0 Å². The van der Waals surface area contributed by atoms with E-state index in [0.29, 0.717) is 22.4 Å². The van der Waals surface area contributed by atoms with Crippen LogP contribution in [0.15, 0.2) is 53.3 Å². The minimum Gasteiger partial charge on any atom is -0.344 e. The molecule has 0 radical (unpaired) electrons. The second-order valence-electron chi connectivity index (χ2n) is 15.1. The molecule has 3 aromatic carbocycles. The van der Waals surface area contributed by atoms with E-state index in [1.54, 1.807) is 0 Å². The highest BCUT2D eigenvalue weighted by atomic mass is 35.5. The van der Waals surface area contributed by atoms with Crippen LogP contribution in [0.3, 0.4) is 0 Å². The minimum atomic E-state index is -4.17. The second kappa shape index (κ2) is 15.0. The molecule has 62 heavy (non-hydrogen) atoms. The Kier molecular flexibility index (Phi) is 10.4. The first-order chi connectivity index (χ1) is 28.9. The van der Waals surface area contributed by atoms with Crippen LogP contribution in [0.2, 0.25) is 5.02 Å². The third-order valence-electron chi connectivity index (χ3n) is 10.5. The van der Waals surface area contributed by atoms with Crippen molar-refractivity contribution in [1.82, 2.24) is 34.4 Å². The van der Waals surface area contributed by atoms with Gasteiger partial charge in [-0.1, -0.05) is 17.7 Å². The van der Waals surface area contributed by atoms with Gasteiger partial charge in [0.2, 0.25) is 15.9 Å². The quantitative estimate of drug-likeness (QED) is 0.112. The van der Waals surface area contributed by atoms with Crippen molar-refractivity contribution in [2.45, 2.75) is 69.5 Å². The predicted octanol–water partition coefficient (Wildman–Crippen LogP) is 7.86. The highest BCUT2D eigenvalue weighted by molar-refractivity contribution is 7.92. The van der Waals surface area contributed by atoms with Crippen LogP contribution in [0.4, 0.5) is 49.7 Å². The largest absolute Gasteiger partial charge is 0.344 e. The first-order valence-electron chi connectivity index (χ1n) is 18.3. The van der Waals surface area contributed by atoms with E-state index in [1.807, 2.05) is 0 Å². The smallest absolute Gasteiger partial charge is 0.293 e. The molecule has 1 amide bonds. The summed E-state index contributed by atoms with van der Waals surface area (Å²) in [6, 6.07) is 5.31. The number of sulfonamides is 1. The van der Waals surface area contributed by atoms with Crippen molar-refractivity contribution in [3.8, 4) is 5.69 Å². The normalized spacial score (nSPS) is 17.5. The van der Waals surface area contributed by atoms with Crippen LogP contribution in [-0.2, 0) is 46.2 Å². The summed E-state index contributed by atoms with van der Waals surface area (Å²) in [5.74, 6) is -14.0. The SMILES string of the molecule is CC(F)(F)c1ccc2c(=O)n(-c3ccc(Cl)c4c(NS(C)(=O)=O)nn(CC(F)F)c34)c([C@H](Cc3cc(F)cc(F)c3)NC(=O)Cn3nc(C(F)F)c4c3C(F)(F)C3C[C@@H]43)nc2c1. The summed E-state index contributed by atoms with van der Waals surface area (Å²) in [6.07, 6.45) is -6.50. The maximum absolute atomic E-state index is 15.4. The lowest BCUT2D eigenvalue weighted by molar-refractivity contribution is -0.123. The topological polar surface area (TPSA) is 146 Å². The Morgan fingerprint density at radius 1 is 1.02 bits per heavy atom. The zero-order valence-corrected chi connectivity index (χ0v) is 33.3. The van der Waals surface area contributed by atoms with Crippen LogP contribution in [0, 0.1) is 17.6 Å². The number of halogens is 11. The predicted molar refractivity (Wildman–Crippen MR) is 203 cm³/mol. The fourth-order valence-electron chi connectivity index (χ4n) is 8.02. The lowest BCUT2D eigenvalue weighted by Crippen LogP contribution is -2.38. The fraction of sp³-hybridized carbons (Fsp3) is 0.342. The van der Waals surface area contributed by atoms with E-state index in [1.165, 1.54) is 0 Å².